The highest BCUT2D eigenvalue weighted by atomic mass is 32.1. The summed E-state index contributed by atoms with van der Waals surface area (Å²) in [6.45, 7) is 5.18. The summed E-state index contributed by atoms with van der Waals surface area (Å²) in [4.78, 5) is 6.40. The lowest BCUT2D eigenvalue weighted by molar-refractivity contribution is 0.721. The van der Waals surface area contributed by atoms with Crippen LogP contribution in [0.1, 0.15) is 52.5 Å². The van der Waals surface area contributed by atoms with Gasteiger partial charge in [-0.1, -0.05) is 55.5 Å². The topological polar surface area (TPSA) is 41.6 Å². The fourth-order valence-corrected chi connectivity index (χ4v) is 6.36. The minimum absolute atomic E-state index is 0.788. The Bertz CT molecular complexity index is 1680. The summed E-state index contributed by atoms with van der Waals surface area (Å²) in [5.74, 6) is 1.15. The van der Waals surface area contributed by atoms with E-state index in [1.807, 2.05) is 0 Å². The van der Waals surface area contributed by atoms with Crippen LogP contribution in [0, 0.1) is 18.3 Å². The highest BCUT2D eigenvalue weighted by molar-refractivity contribution is 7.13. The Morgan fingerprint density at radius 3 is 2.65 bits per heavy atom. The smallest absolute Gasteiger partial charge is 0.110 e. The molecule has 37 heavy (non-hydrogen) atoms. The van der Waals surface area contributed by atoms with Gasteiger partial charge in [-0.25, -0.2) is 4.98 Å². The molecule has 0 atom stereocenters. The highest BCUT2D eigenvalue weighted by Gasteiger charge is 2.19. The van der Waals surface area contributed by atoms with Crippen LogP contribution in [0.15, 0.2) is 78.2 Å². The molecule has 2 aromatic heterocycles. The van der Waals surface area contributed by atoms with Gasteiger partial charge in [-0.05, 0) is 94.3 Å². The zero-order valence-electron chi connectivity index (χ0n) is 21.3. The van der Waals surface area contributed by atoms with E-state index in [0.717, 1.165) is 49.1 Å². The maximum atomic E-state index is 9.55. The number of nitrogens with zero attached hydrogens (tertiary/aromatic N) is 3. The first kappa shape index (κ1) is 23.5. The van der Waals surface area contributed by atoms with Crippen LogP contribution in [0.4, 0.5) is 0 Å². The number of hydrogen-bond acceptors (Lipinski definition) is 3. The maximum absolute atomic E-state index is 9.55. The van der Waals surface area contributed by atoms with Gasteiger partial charge in [-0.3, -0.25) is 0 Å². The number of aryl methyl sites for hydroxylation is 4. The van der Waals surface area contributed by atoms with E-state index >= 15 is 0 Å². The summed E-state index contributed by atoms with van der Waals surface area (Å²) in [6, 6.07) is 26.5. The third-order valence-electron chi connectivity index (χ3n) is 7.38. The van der Waals surface area contributed by atoms with E-state index in [2.05, 4.69) is 96.6 Å². The van der Waals surface area contributed by atoms with Gasteiger partial charge in [-0.2, -0.15) is 5.26 Å². The third kappa shape index (κ3) is 4.30. The van der Waals surface area contributed by atoms with Crippen molar-refractivity contribution in [2.24, 2.45) is 0 Å². The van der Waals surface area contributed by atoms with E-state index in [1.165, 1.54) is 49.3 Å². The minimum atomic E-state index is 0.788. The van der Waals surface area contributed by atoms with Crippen LogP contribution in [0.2, 0.25) is 0 Å². The van der Waals surface area contributed by atoms with Gasteiger partial charge in [0.25, 0.3) is 0 Å². The summed E-state index contributed by atoms with van der Waals surface area (Å²) >= 11 is 1.78. The molecule has 0 fully saturated rings. The molecule has 5 aromatic rings. The Morgan fingerprint density at radius 2 is 1.84 bits per heavy atom. The molecule has 0 amide bonds. The van der Waals surface area contributed by atoms with Crippen molar-refractivity contribution in [2.45, 2.75) is 46.1 Å². The van der Waals surface area contributed by atoms with Crippen molar-refractivity contribution in [3.05, 3.63) is 117 Å². The van der Waals surface area contributed by atoms with Gasteiger partial charge in [0.05, 0.1) is 17.1 Å². The van der Waals surface area contributed by atoms with Crippen LogP contribution in [-0.2, 0) is 25.8 Å². The monoisotopic (exact) mass is 499 g/mol. The molecule has 0 N–H and O–H groups in total. The SMILES string of the molecule is CCCc1nc2c(C)cc(-c3cccs3)cc2n1Cc1ccc2c(c1)CCc1ccccc1C2=CC#N. The Balaban J connectivity index is 1.44. The van der Waals surface area contributed by atoms with E-state index in [4.69, 9.17) is 4.98 Å². The zero-order valence-corrected chi connectivity index (χ0v) is 22.1. The molecule has 1 aliphatic carbocycles. The predicted octanol–water partition coefficient (Wildman–Crippen LogP) is 8.13. The first-order valence-corrected chi connectivity index (χ1v) is 13.9. The van der Waals surface area contributed by atoms with E-state index in [-0.39, 0.29) is 0 Å². The van der Waals surface area contributed by atoms with Gasteiger partial charge >= 0.3 is 0 Å². The van der Waals surface area contributed by atoms with Crippen molar-refractivity contribution in [2.75, 3.05) is 0 Å². The van der Waals surface area contributed by atoms with Gasteiger partial charge in [0, 0.05) is 23.9 Å². The molecule has 3 aromatic carbocycles. The lowest BCUT2D eigenvalue weighted by Gasteiger charge is -2.14. The molecule has 0 saturated heterocycles. The summed E-state index contributed by atoms with van der Waals surface area (Å²) < 4.78 is 2.42. The fraction of sp³-hybridized carbons (Fsp3) is 0.212. The molecule has 0 unspecified atom stereocenters. The molecule has 4 heteroatoms. The second kappa shape index (κ2) is 9.84. The van der Waals surface area contributed by atoms with Gasteiger partial charge in [0.1, 0.15) is 5.82 Å². The molecule has 0 aliphatic heterocycles. The van der Waals surface area contributed by atoms with Gasteiger partial charge < -0.3 is 4.57 Å². The maximum Gasteiger partial charge on any atom is 0.110 e. The van der Waals surface area contributed by atoms with E-state index < -0.39 is 0 Å². The second-order valence-electron chi connectivity index (χ2n) is 9.84. The highest BCUT2D eigenvalue weighted by Crippen LogP contribution is 2.35. The second-order valence-corrected chi connectivity index (χ2v) is 10.8. The number of benzene rings is 3. The number of rotatable bonds is 5. The zero-order chi connectivity index (χ0) is 25.4. The Hall–Kier alpha value is -3.94. The molecular formula is C33H29N3S. The minimum Gasteiger partial charge on any atom is -0.323 e. The Morgan fingerprint density at radius 1 is 1.00 bits per heavy atom. The first-order valence-electron chi connectivity index (χ1n) is 13.0. The van der Waals surface area contributed by atoms with Crippen molar-refractivity contribution < 1.29 is 0 Å². The summed E-state index contributed by atoms with van der Waals surface area (Å²) in [7, 11) is 0. The van der Waals surface area contributed by atoms with Crippen LogP contribution in [0.3, 0.4) is 0 Å². The average Bonchev–Trinajstić information content (AvgIpc) is 3.53. The van der Waals surface area contributed by atoms with Crippen molar-refractivity contribution in [1.29, 1.82) is 5.26 Å². The summed E-state index contributed by atoms with van der Waals surface area (Å²) in [6.07, 6.45) is 5.67. The molecule has 2 heterocycles. The Labute approximate surface area is 222 Å². The van der Waals surface area contributed by atoms with Crippen molar-refractivity contribution >= 4 is 27.9 Å². The lowest BCUT2D eigenvalue weighted by atomic mass is 9.93. The quantitative estimate of drug-likeness (QED) is 0.229. The molecular weight excluding hydrogens is 470 g/mol. The van der Waals surface area contributed by atoms with E-state index in [9.17, 15) is 5.26 Å². The summed E-state index contributed by atoms with van der Waals surface area (Å²) in [5.41, 5.74) is 12.1. The average molecular weight is 500 g/mol. The van der Waals surface area contributed by atoms with Crippen molar-refractivity contribution in [3.8, 4) is 16.5 Å². The molecule has 0 spiro atoms. The lowest BCUT2D eigenvalue weighted by Crippen LogP contribution is -2.06. The molecule has 0 saturated carbocycles. The number of thiophene rings is 1. The van der Waals surface area contributed by atoms with Crippen LogP contribution >= 0.6 is 11.3 Å². The molecule has 0 bridgehead atoms. The number of fused-ring (bicyclic) bond motifs is 3. The Kier molecular flexibility index (Phi) is 6.24. The van der Waals surface area contributed by atoms with Crippen LogP contribution in [-0.4, -0.2) is 9.55 Å². The molecule has 1 aliphatic rings. The normalized spacial score (nSPS) is 13.8. The van der Waals surface area contributed by atoms with E-state index in [0.29, 0.717) is 0 Å². The largest absolute Gasteiger partial charge is 0.323 e. The number of allylic oxidation sites excluding steroid dienone is 1. The van der Waals surface area contributed by atoms with Gasteiger partial charge in [0.2, 0.25) is 0 Å². The summed E-state index contributed by atoms with van der Waals surface area (Å²) in [5, 5.41) is 11.7. The van der Waals surface area contributed by atoms with Crippen molar-refractivity contribution in [1.82, 2.24) is 9.55 Å². The predicted molar refractivity (Wildman–Crippen MR) is 154 cm³/mol. The molecule has 6 rings (SSSR count). The van der Waals surface area contributed by atoms with E-state index in [1.54, 1.807) is 17.4 Å². The van der Waals surface area contributed by atoms with Crippen molar-refractivity contribution in [3.63, 3.8) is 0 Å². The standard InChI is InChI=1S/C33H29N3S/c1-3-7-32-35-33-22(2)18-26(31-10-6-17-37-31)20-30(33)36(32)21-23-11-14-28-25(19-23)13-12-24-8-4-5-9-27(24)29(28)15-16-34/h4-6,8-11,14-15,17-20H,3,7,12-13,21H2,1-2H3. The third-order valence-corrected chi connectivity index (χ3v) is 8.30. The number of nitriles is 1. The molecule has 3 nitrogen and oxygen atoms in total. The van der Waals surface area contributed by atoms with Gasteiger partial charge in [0.15, 0.2) is 0 Å². The van der Waals surface area contributed by atoms with Crippen LogP contribution in [0.5, 0.6) is 0 Å². The number of aromatic nitrogens is 2. The molecule has 182 valence electrons. The molecule has 0 radical (unpaired) electrons. The fourth-order valence-electron chi connectivity index (χ4n) is 5.65. The van der Waals surface area contributed by atoms with Gasteiger partial charge in [-0.15, -0.1) is 11.3 Å². The first-order chi connectivity index (χ1) is 18.2. The number of imidazole rings is 1. The van der Waals surface area contributed by atoms with Crippen LogP contribution < -0.4 is 0 Å². The number of hydrogen-bond donors (Lipinski definition) is 0. The van der Waals surface area contributed by atoms with Crippen LogP contribution in [0.25, 0.3) is 27.0 Å².